The molecule has 22 heavy (non-hydrogen) atoms. The van der Waals surface area contributed by atoms with Crippen molar-refractivity contribution in [2.75, 3.05) is 6.26 Å². The van der Waals surface area contributed by atoms with E-state index < -0.39 is 9.84 Å². The van der Waals surface area contributed by atoms with E-state index in [-0.39, 0.29) is 17.7 Å². The van der Waals surface area contributed by atoms with E-state index in [0.717, 1.165) is 19.3 Å². The maximum absolute atomic E-state index is 12.2. The van der Waals surface area contributed by atoms with Gasteiger partial charge in [0, 0.05) is 17.9 Å². The van der Waals surface area contributed by atoms with E-state index in [0.29, 0.717) is 17.0 Å². The van der Waals surface area contributed by atoms with Crippen LogP contribution < -0.4 is 5.32 Å². The van der Waals surface area contributed by atoms with Gasteiger partial charge in [-0.05, 0) is 37.0 Å². The van der Waals surface area contributed by atoms with Crippen LogP contribution in [0.4, 0.5) is 0 Å². The van der Waals surface area contributed by atoms with Crippen LogP contribution in [0.15, 0.2) is 24.3 Å². The highest BCUT2D eigenvalue weighted by Crippen LogP contribution is 2.11. The summed E-state index contributed by atoms with van der Waals surface area (Å²) in [5.41, 5.74) is 1.15. The predicted molar refractivity (Wildman–Crippen MR) is 90.6 cm³/mol. The van der Waals surface area contributed by atoms with Gasteiger partial charge >= 0.3 is 0 Å². The van der Waals surface area contributed by atoms with Gasteiger partial charge in [0.25, 0.3) is 5.91 Å². The number of hydrogen-bond donors (Lipinski definition) is 1. The fourth-order valence-corrected chi connectivity index (χ4v) is 3.10. The first-order chi connectivity index (χ1) is 10.2. The summed E-state index contributed by atoms with van der Waals surface area (Å²) >= 11 is 0. The van der Waals surface area contributed by atoms with Crippen molar-refractivity contribution in [2.45, 2.75) is 51.8 Å². The van der Waals surface area contributed by atoms with Crippen molar-refractivity contribution in [3.8, 4) is 0 Å². The van der Waals surface area contributed by atoms with Crippen molar-refractivity contribution < 1.29 is 13.2 Å². The Hall–Kier alpha value is -1.36. The van der Waals surface area contributed by atoms with E-state index in [1.807, 2.05) is 6.92 Å². The normalized spacial score (nSPS) is 13.1. The molecule has 0 bridgehead atoms. The second-order valence-corrected chi connectivity index (χ2v) is 8.61. The minimum absolute atomic E-state index is 0.0436. The van der Waals surface area contributed by atoms with E-state index in [4.69, 9.17) is 0 Å². The molecule has 0 saturated carbocycles. The molecule has 0 heterocycles. The smallest absolute Gasteiger partial charge is 0.251 e. The quantitative estimate of drug-likeness (QED) is 0.798. The summed E-state index contributed by atoms with van der Waals surface area (Å²) in [4.78, 5) is 12.2. The third kappa shape index (κ3) is 7.59. The molecule has 4 nitrogen and oxygen atoms in total. The van der Waals surface area contributed by atoms with Crippen LogP contribution in [0.5, 0.6) is 0 Å². The molecular formula is C17H27NO3S. The number of amides is 1. The standard InChI is InChI=1S/C17H27NO3S/c1-13(2)7-5-8-14(3)18-17(19)16-10-6-9-15(11-16)12-22(4,20)21/h6,9-11,13-14H,5,7-8,12H2,1-4H3,(H,18,19). The molecule has 1 unspecified atom stereocenters. The van der Waals surface area contributed by atoms with E-state index in [1.165, 1.54) is 6.26 Å². The molecule has 1 atom stereocenters. The number of nitrogens with one attached hydrogen (secondary N) is 1. The zero-order chi connectivity index (χ0) is 16.8. The van der Waals surface area contributed by atoms with Gasteiger partial charge in [-0.3, -0.25) is 4.79 Å². The third-order valence-electron chi connectivity index (χ3n) is 3.41. The molecule has 0 spiro atoms. The van der Waals surface area contributed by atoms with Crippen LogP contribution >= 0.6 is 0 Å². The number of hydrogen-bond acceptors (Lipinski definition) is 3. The van der Waals surface area contributed by atoms with Crippen molar-refractivity contribution in [2.24, 2.45) is 5.92 Å². The number of sulfone groups is 1. The summed E-state index contributed by atoms with van der Waals surface area (Å²) in [6.07, 6.45) is 4.39. The maximum Gasteiger partial charge on any atom is 0.251 e. The van der Waals surface area contributed by atoms with Crippen molar-refractivity contribution in [1.29, 1.82) is 0 Å². The summed E-state index contributed by atoms with van der Waals surface area (Å²) in [5, 5.41) is 2.97. The minimum Gasteiger partial charge on any atom is -0.350 e. The van der Waals surface area contributed by atoms with Gasteiger partial charge in [-0.1, -0.05) is 38.8 Å². The van der Waals surface area contributed by atoms with E-state index in [9.17, 15) is 13.2 Å². The van der Waals surface area contributed by atoms with Gasteiger partial charge in [-0.15, -0.1) is 0 Å². The van der Waals surface area contributed by atoms with Gasteiger partial charge in [0.2, 0.25) is 0 Å². The highest BCUT2D eigenvalue weighted by atomic mass is 32.2. The lowest BCUT2D eigenvalue weighted by Gasteiger charge is -2.15. The highest BCUT2D eigenvalue weighted by molar-refractivity contribution is 7.89. The monoisotopic (exact) mass is 325 g/mol. The van der Waals surface area contributed by atoms with E-state index in [2.05, 4.69) is 19.2 Å². The summed E-state index contributed by atoms with van der Waals surface area (Å²) in [7, 11) is -3.09. The molecule has 1 aromatic carbocycles. The highest BCUT2D eigenvalue weighted by Gasteiger charge is 2.12. The van der Waals surface area contributed by atoms with Gasteiger partial charge < -0.3 is 5.32 Å². The van der Waals surface area contributed by atoms with Gasteiger partial charge in [0.15, 0.2) is 9.84 Å². The van der Waals surface area contributed by atoms with Crippen LogP contribution in [-0.4, -0.2) is 26.6 Å². The number of carbonyl (C=O) groups is 1. The van der Waals surface area contributed by atoms with E-state index in [1.54, 1.807) is 24.3 Å². The summed E-state index contributed by atoms with van der Waals surface area (Å²) in [6.45, 7) is 6.38. The second kappa shape index (κ2) is 8.32. The molecule has 0 aliphatic heterocycles. The van der Waals surface area contributed by atoms with Crippen molar-refractivity contribution >= 4 is 15.7 Å². The first-order valence-corrected chi connectivity index (χ1v) is 9.81. The van der Waals surface area contributed by atoms with Crippen molar-refractivity contribution in [1.82, 2.24) is 5.32 Å². The molecule has 0 fully saturated rings. The molecule has 124 valence electrons. The zero-order valence-corrected chi connectivity index (χ0v) is 14.7. The lowest BCUT2D eigenvalue weighted by Crippen LogP contribution is -2.32. The van der Waals surface area contributed by atoms with Crippen LogP contribution in [0.2, 0.25) is 0 Å². The van der Waals surface area contributed by atoms with E-state index >= 15 is 0 Å². The molecule has 0 aromatic heterocycles. The molecule has 0 saturated heterocycles. The first kappa shape index (κ1) is 18.7. The van der Waals surface area contributed by atoms with Gasteiger partial charge in [0.1, 0.15) is 0 Å². The molecule has 0 radical (unpaired) electrons. The predicted octanol–water partition coefficient (Wildman–Crippen LogP) is 3.18. The lowest BCUT2D eigenvalue weighted by atomic mass is 10.0. The van der Waals surface area contributed by atoms with Crippen LogP contribution in [0.3, 0.4) is 0 Å². The van der Waals surface area contributed by atoms with Crippen LogP contribution in [0, 0.1) is 5.92 Å². The van der Waals surface area contributed by atoms with Crippen molar-refractivity contribution in [3.05, 3.63) is 35.4 Å². The Balaban J connectivity index is 2.60. The van der Waals surface area contributed by atoms with Gasteiger partial charge in [-0.25, -0.2) is 8.42 Å². The second-order valence-electron chi connectivity index (χ2n) is 6.47. The Bertz CT molecular complexity index is 594. The Morgan fingerprint density at radius 2 is 1.86 bits per heavy atom. The van der Waals surface area contributed by atoms with Crippen molar-refractivity contribution in [3.63, 3.8) is 0 Å². The Morgan fingerprint density at radius 1 is 1.18 bits per heavy atom. The number of rotatable bonds is 8. The van der Waals surface area contributed by atoms with Crippen LogP contribution in [-0.2, 0) is 15.6 Å². The molecular weight excluding hydrogens is 298 g/mol. The molecule has 0 aliphatic carbocycles. The largest absolute Gasteiger partial charge is 0.350 e. The van der Waals surface area contributed by atoms with Crippen LogP contribution in [0.25, 0.3) is 0 Å². The lowest BCUT2D eigenvalue weighted by molar-refractivity contribution is 0.0937. The molecule has 1 rings (SSSR count). The van der Waals surface area contributed by atoms with Gasteiger partial charge in [-0.2, -0.15) is 0 Å². The molecule has 1 amide bonds. The Morgan fingerprint density at radius 3 is 2.45 bits per heavy atom. The average molecular weight is 325 g/mol. The Kier molecular flexibility index (Phi) is 7.07. The fourth-order valence-electron chi connectivity index (χ4n) is 2.32. The molecule has 5 heteroatoms. The first-order valence-electron chi connectivity index (χ1n) is 7.75. The number of benzene rings is 1. The fraction of sp³-hybridized carbons (Fsp3) is 0.588. The SMILES string of the molecule is CC(C)CCCC(C)NC(=O)c1cccc(CS(C)(=O)=O)c1. The minimum atomic E-state index is -3.09. The molecule has 1 N–H and O–H groups in total. The molecule has 1 aromatic rings. The number of carbonyl (C=O) groups excluding carboxylic acids is 1. The zero-order valence-electron chi connectivity index (χ0n) is 13.9. The van der Waals surface area contributed by atoms with Gasteiger partial charge in [0.05, 0.1) is 5.75 Å². The Labute approximate surface area is 134 Å². The summed E-state index contributed by atoms with van der Waals surface area (Å²) in [6, 6.07) is 6.92. The summed E-state index contributed by atoms with van der Waals surface area (Å²) in [5.74, 6) is 0.487. The average Bonchev–Trinajstić information content (AvgIpc) is 2.36. The maximum atomic E-state index is 12.2. The van der Waals surface area contributed by atoms with Crippen LogP contribution in [0.1, 0.15) is 56.0 Å². The molecule has 0 aliphatic rings. The summed E-state index contributed by atoms with van der Waals surface area (Å²) < 4.78 is 22.7. The third-order valence-corrected chi connectivity index (χ3v) is 4.27. The topological polar surface area (TPSA) is 63.2 Å².